The minimum atomic E-state index is -3.25. The van der Waals surface area contributed by atoms with Crippen molar-refractivity contribution in [2.45, 2.75) is 44.0 Å². The largest absolute Gasteiger partial charge is 0.268 e. The minimum Gasteiger partial charge on any atom is -0.268 e. The number of aromatic nitrogens is 2. The number of benzene rings is 1. The van der Waals surface area contributed by atoms with Crippen LogP contribution in [-0.4, -0.2) is 24.0 Å². The van der Waals surface area contributed by atoms with Gasteiger partial charge in [0.25, 0.3) is 0 Å². The van der Waals surface area contributed by atoms with Crippen molar-refractivity contribution in [3.05, 3.63) is 47.8 Å². The highest BCUT2D eigenvalue weighted by Gasteiger charge is 2.14. The molecular formula is C17H21N3O2S. The number of nitrogens with zero attached hydrogens (tertiary/aromatic N) is 3. The van der Waals surface area contributed by atoms with E-state index in [1.807, 2.05) is 10.8 Å². The van der Waals surface area contributed by atoms with E-state index in [1.54, 1.807) is 36.4 Å². The molecule has 23 heavy (non-hydrogen) atoms. The Morgan fingerprint density at radius 3 is 2.61 bits per heavy atom. The number of nitriles is 1. The van der Waals surface area contributed by atoms with E-state index in [0.717, 1.165) is 25.1 Å². The van der Waals surface area contributed by atoms with E-state index in [-0.39, 0.29) is 5.75 Å². The maximum Gasteiger partial charge on any atom is 0.178 e. The number of aryl methyl sites for hydroxylation is 2. The van der Waals surface area contributed by atoms with Gasteiger partial charge in [0.05, 0.1) is 10.6 Å². The maximum atomic E-state index is 12.3. The predicted molar refractivity (Wildman–Crippen MR) is 88.7 cm³/mol. The van der Waals surface area contributed by atoms with Crippen LogP contribution < -0.4 is 0 Å². The number of rotatable bonds is 8. The lowest BCUT2D eigenvalue weighted by Gasteiger charge is -2.07. The first-order valence-electron chi connectivity index (χ1n) is 7.81. The first-order valence-corrected chi connectivity index (χ1v) is 9.46. The SMILES string of the molecule is CCCCn1nc(C#N)cc1CCCS(=O)(=O)c1ccccc1. The predicted octanol–water partition coefficient (Wildman–Crippen LogP) is 2.96. The van der Waals surface area contributed by atoms with Crippen molar-refractivity contribution in [1.82, 2.24) is 9.78 Å². The minimum absolute atomic E-state index is 0.0951. The summed E-state index contributed by atoms with van der Waals surface area (Å²) in [5.41, 5.74) is 1.32. The van der Waals surface area contributed by atoms with Crippen LogP contribution in [0.2, 0.25) is 0 Å². The zero-order valence-corrected chi connectivity index (χ0v) is 14.1. The van der Waals surface area contributed by atoms with Gasteiger partial charge in [0.15, 0.2) is 15.5 Å². The van der Waals surface area contributed by atoms with Crippen LogP contribution in [-0.2, 0) is 22.8 Å². The molecule has 1 aromatic carbocycles. The molecule has 1 heterocycles. The van der Waals surface area contributed by atoms with E-state index in [2.05, 4.69) is 12.0 Å². The molecule has 122 valence electrons. The summed E-state index contributed by atoms with van der Waals surface area (Å²) in [7, 11) is -3.25. The van der Waals surface area contributed by atoms with Crippen LogP contribution in [0.4, 0.5) is 0 Å². The van der Waals surface area contributed by atoms with Gasteiger partial charge in [-0.1, -0.05) is 31.5 Å². The molecule has 0 spiro atoms. The molecule has 0 saturated heterocycles. The summed E-state index contributed by atoms with van der Waals surface area (Å²) >= 11 is 0. The van der Waals surface area contributed by atoms with Gasteiger partial charge in [-0.15, -0.1) is 0 Å². The second-order valence-electron chi connectivity index (χ2n) is 5.44. The first kappa shape index (κ1) is 17.2. The Bertz CT molecular complexity index is 774. The average Bonchev–Trinajstić information content (AvgIpc) is 2.96. The number of sulfone groups is 1. The van der Waals surface area contributed by atoms with E-state index in [4.69, 9.17) is 5.26 Å². The van der Waals surface area contributed by atoms with E-state index < -0.39 is 9.84 Å². The molecule has 6 heteroatoms. The summed E-state index contributed by atoms with van der Waals surface area (Å²) in [6.45, 7) is 2.86. The topological polar surface area (TPSA) is 75.8 Å². The summed E-state index contributed by atoms with van der Waals surface area (Å²) in [6.07, 6.45) is 3.15. The standard InChI is InChI=1S/C17H21N3O2S/c1-2-3-11-20-16(13-15(14-18)19-20)8-7-12-23(21,22)17-9-5-4-6-10-17/h4-6,9-10,13H,2-3,7-8,11-12H2,1H3. The number of unbranched alkanes of at least 4 members (excludes halogenated alkanes) is 1. The average molecular weight is 331 g/mol. The smallest absolute Gasteiger partial charge is 0.178 e. The lowest BCUT2D eigenvalue weighted by molar-refractivity contribution is 0.543. The zero-order valence-electron chi connectivity index (χ0n) is 13.3. The first-order chi connectivity index (χ1) is 11.1. The lowest BCUT2D eigenvalue weighted by atomic mass is 10.2. The van der Waals surface area contributed by atoms with Crippen LogP contribution in [0.5, 0.6) is 0 Å². The number of hydrogen-bond acceptors (Lipinski definition) is 4. The van der Waals surface area contributed by atoms with Gasteiger partial charge in [-0.3, -0.25) is 4.68 Å². The van der Waals surface area contributed by atoms with E-state index in [9.17, 15) is 8.42 Å². The molecule has 0 N–H and O–H groups in total. The van der Waals surface area contributed by atoms with Gasteiger partial charge in [0, 0.05) is 12.2 Å². The van der Waals surface area contributed by atoms with Crippen LogP contribution in [0.1, 0.15) is 37.6 Å². The van der Waals surface area contributed by atoms with E-state index in [1.165, 1.54) is 0 Å². The van der Waals surface area contributed by atoms with Crippen LogP contribution in [0, 0.1) is 11.3 Å². The quantitative estimate of drug-likeness (QED) is 0.745. The molecule has 0 fully saturated rings. The van der Waals surface area contributed by atoms with Crippen LogP contribution in [0.15, 0.2) is 41.3 Å². The summed E-state index contributed by atoms with van der Waals surface area (Å²) < 4.78 is 26.4. The summed E-state index contributed by atoms with van der Waals surface area (Å²) in [6, 6.07) is 12.3. The van der Waals surface area contributed by atoms with Crippen molar-refractivity contribution >= 4 is 9.84 Å². The van der Waals surface area contributed by atoms with Gasteiger partial charge in [-0.05, 0) is 37.5 Å². The third-order valence-electron chi connectivity index (χ3n) is 3.65. The second kappa shape index (κ2) is 7.93. The molecule has 0 amide bonds. The Morgan fingerprint density at radius 1 is 1.22 bits per heavy atom. The van der Waals surface area contributed by atoms with Crippen molar-refractivity contribution in [3.63, 3.8) is 0 Å². The lowest BCUT2D eigenvalue weighted by Crippen LogP contribution is -2.10. The fourth-order valence-corrected chi connectivity index (χ4v) is 3.73. The van der Waals surface area contributed by atoms with Gasteiger partial charge in [-0.25, -0.2) is 8.42 Å². The van der Waals surface area contributed by atoms with Crippen molar-refractivity contribution in [2.24, 2.45) is 0 Å². The Morgan fingerprint density at radius 2 is 1.96 bits per heavy atom. The third-order valence-corrected chi connectivity index (χ3v) is 5.47. The van der Waals surface area contributed by atoms with E-state index >= 15 is 0 Å². The number of hydrogen-bond donors (Lipinski definition) is 0. The highest BCUT2D eigenvalue weighted by molar-refractivity contribution is 7.91. The fourth-order valence-electron chi connectivity index (χ4n) is 2.40. The molecule has 0 aliphatic rings. The van der Waals surface area contributed by atoms with Crippen molar-refractivity contribution < 1.29 is 8.42 Å². The van der Waals surface area contributed by atoms with Gasteiger partial charge < -0.3 is 0 Å². The van der Waals surface area contributed by atoms with Gasteiger partial charge in [0.1, 0.15) is 6.07 Å². The normalized spacial score (nSPS) is 11.3. The fraction of sp³-hybridized carbons (Fsp3) is 0.412. The molecule has 0 aliphatic heterocycles. The van der Waals surface area contributed by atoms with E-state index in [0.29, 0.717) is 23.4 Å². The van der Waals surface area contributed by atoms with Crippen molar-refractivity contribution in [2.75, 3.05) is 5.75 Å². The zero-order chi connectivity index (χ0) is 16.7. The molecule has 0 saturated carbocycles. The molecule has 0 radical (unpaired) electrons. The van der Waals surface area contributed by atoms with Crippen molar-refractivity contribution in [1.29, 1.82) is 5.26 Å². The highest BCUT2D eigenvalue weighted by atomic mass is 32.2. The molecule has 2 rings (SSSR count). The van der Waals surface area contributed by atoms with Gasteiger partial charge in [-0.2, -0.15) is 10.4 Å². The maximum absolute atomic E-state index is 12.3. The summed E-state index contributed by atoms with van der Waals surface area (Å²) in [4.78, 5) is 0.359. The molecular weight excluding hydrogens is 310 g/mol. The van der Waals surface area contributed by atoms with Crippen LogP contribution in [0.25, 0.3) is 0 Å². The Kier molecular flexibility index (Phi) is 5.94. The summed E-state index contributed by atoms with van der Waals surface area (Å²) in [5.74, 6) is 0.0951. The molecule has 1 aromatic heterocycles. The molecule has 0 atom stereocenters. The molecule has 0 aliphatic carbocycles. The molecule has 5 nitrogen and oxygen atoms in total. The summed E-state index contributed by atoms with van der Waals surface area (Å²) in [5, 5.41) is 13.2. The monoisotopic (exact) mass is 331 g/mol. The second-order valence-corrected chi connectivity index (χ2v) is 7.55. The van der Waals surface area contributed by atoms with Crippen LogP contribution in [0.3, 0.4) is 0 Å². The Hall–Kier alpha value is -2.13. The Balaban J connectivity index is 2.01. The molecule has 0 bridgehead atoms. The molecule has 0 unspecified atom stereocenters. The molecule has 2 aromatic rings. The third kappa shape index (κ3) is 4.67. The Labute approximate surface area is 137 Å². The van der Waals surface area contributed by atoms with Crippen LogP contribution >= 0.6 is 0 Å². The van der Waals surface area contributed by atoms with Crippen molar-refractivity contribution in [3.8, 4) is 6.07 Å². The van der Waals surface area contributed by atoms with Gasteiger partial charge in [0.2, 0.25) is 0 Å². The van der Waals surface area contributed by atoms with Gasteiger partial charge >= 0.3 is 0 Å². The highest BCUT2D eigenvalue weighted by Crippen LogP contribution is 2.14.